The average Bonchev–Trinajstić information content (AvgIpc) is 1.99. The molecule has 0 aromatic heterocycles. The number of phenols is 1. The van der Waals surface area contributed by atoms with Crippen molar-refractivity contribution in [1.29, 1.82) is 0 Å². The second-order valence-electron chi connectivity index (χ2n) is 1.92. The molecule has 58 valence electrons. The first-order valence-electron chi connectivity index (χ1n) is 2.90. The Kier molecular flexibility index (Phi) is 2.70. The van der Waals surface area contributed by atoms with Crippen molar-refractivity contribution >= 4 is 28.8 Å². The third-order valence-corrected chi connectivity index (χ3v) is 2.09. The number of para-hydroxylation sites is 1. The lowest BCUT2D eigenvalue weighted by Crippen LogP contribution is -1.83. The quantitative estimate of drug-likeness (QED) is 0.351. The number of rotatable bonds is 1. The smallest absolute Gasteiger partial charge is 0.137 e. The van der Waals surface area contributed by atoms with Gasteiger partial charge in [-0.1, -0.05) is 11.2 Å². The average molecular weight is 263 g/mol. The molecule has 0 atom stereocenters. The highest BCUT2D eigenvalue weighted by Gasteiger charge is 2.00. The van der Waals surface area contributed by atoms with Crippen molar-refractivity contribution in [3.63, 3.8) is 0 Å². The van der Waals surface area contributed by atoms with Gasteiger partial charge in [0.1, 0.15) is 5.75 Å². The van der Waals surface area contributed by atoms with Crippen LogP contribution < -0.4 is 0 Å². The standard InChI is InChI=1S/C7H6INO2/c8-6-3-1-2-5(4-9-11)7(6)10/h1-4,10-11H. The first-order valence-corrected chi connectivity index (χ1v) is 3.98. The fraction of sp³-hybridized carbons (Fsp3) is 0. The predicted octanol–water partition coefficient (Wildman–Crippen LogP) is 1.80. The molecule has 0 unspecified atom stereocenters. The monoisotopic (exact) mass is 263 g/mol. The zero-order valence-electron chi connectivity index (χ0n) is 5.53. The summed E-state index contributed by atoms with van der Waals surface area (Å²) < 4.78 is 0.736. The normalized spacial score (nSPS) is 10.6. The van der Waals surface area contributed by atoms with Crippen molar-refractivity contribution in [2.45, 2.75) is 0 Å². The molecule has 0 heterocycles. The maximum atomic E-state index is 9.32. The van der Waals surface area contributed by atoms with E-state index < -0.39 is 0 Å². The van der Waals surface area contributed by atoms with Crippen LogP contribution in [-0.2, 0) is 0 Å². The van der Waals surface area contributed by atoms with E-state index in [1.54, 1.807) is 18.2 Å². The zero-order chi connectivity index (χ0) is 8.27. The Bertz CT molecular complexity index is 286. The fourth-order valence-corrected chi connectivity index (χ4v) is 1.22. The highest BCUT2D eigenvalue weighted by atomic mass is 127. The second-order valence-corrected chi connectivity index (χ2v) is 3.08. The summed E-state index contributed by atoms with van der Waals surface area (Å²) in [6, 6.07) is 5.21. The Morgan fingerprint density at radius 3 is 2.82 bits per heavy atom. The molecule has 0 fully saturated rings. The summed E-state index contributed by atoms with van der Waals surface area (Å²) >= 11 is 2.00. The van der Waals surface area contributed by atoms with E-state index in [-0.39, 0.29) is 5.75 Å². The van der Waals surface area contributed by atoms with Crippen LogP contribution >= 0.6 is 22.6 Å². The zero-order valence-corrected chi connectivity index (χ0v) is 7.69. The van der Waals surface area contributed by atoms with Gasteiger partial charge in [-0.15, -0.1) is 0 Å². The lowest BCUT2D eigenvalue weighted by atomic mass is 10.2. The van der Waals surface area contributed by atoms with Gasteiger partial charge in [-0.2, -0.15) is 0 Å². The van der Waals surface area contributed by atoms with Gasteiger partial charge in [-0.3, -0.25) is 0 Å². The summed E-state index contributed by atoms with van der Waals surface area (Å²) in [6.07, 6.45) is 1.19. The molecule has 0 saturated heterocycles. The number of oxime groups is 1. The van der Waals surface area contributed by atoms with Crippen LogP contribution in [0.1, 0.15) is 5.56 Å². The Morgan fingerprint density at radius 2 is 2.18 bits per heavy atom. The van der Waals surface area contributed by atoms with Crippen LogP contribution in [0.5, 0.6) is 5.75 Å². The van der Waals surface area contributed by atoms with Crippen molar-refractivity contribution in [1.82, 2.24) is 0 Å². The first-order chi connectivity index (χ1) is 5.25. The lowest BCUT2D eigenvalue weighted by Gasteiger charge is -1.98. The summed E-state index contributed by atoms with van der Waals surface area (Å²) in [5.41, 5.74) is 0.513. The number of nitrogens with zero attached hydrogens (tertiary/aromatic N) is 1. The van der Waals surface area contributed by atoms with Gasteiger partial charge in [0.05, 0.1) is 9.78 Å². The number of hydrogen-bond donors (Lipinski definition) is 2. The van der Waals surface area contributed by atoms with Gasteiger partial charge in [0.15, 0.2) is 0 Å². The molecule has 11 heavy (non-hydrogen) atoms. The van der Waals surface area contributed by atoms with E-state index in [2.05, 4.69) is 5.16 Å². The summed E-state index contributed by atoms with van der Waals surface area (Å²) in [7, 11) is 0. The molecular weight excluding hydrogens is 257 g/mol. The molecule has 0 radical (unpaired) electrons. The van der Waals surface area contributed by atoms with Crippen LogP contribution in [0, 0.1) is 3.57 Å². The second kappa shape index (κ2) is 3.56. The van der Waals surface area contributed by atoms with Gasteiger partial charge in [0, 0.05) is 5.56 Å². The summed E-state index contributed by atoms with van der Waals surface area (Å²) in [4.78, 5) is 0. The number of halogens is 1. The first kappa shape index (κ1) is 8.32. The van der Waals surface area contributed by atoms with E-state index in [4.69, 9.17) is 5.21 Å². The number of hydrogen-bond acceptors (Lipinski definition) is 3. The van der Waals surface area contributed by atoms with Gasteiger partial charge in [0.2, 0.25) is 0 Å². The molecule has 0 aliphatic carbocycles. The third-order valence-electron chi connectivity index (χ3n) is 1.21. The van der Waals surface area contributed by atoms with Gasteiger partial charge in [-0.25, -0.2) is 0 Å². The van der Waals surface area contributed by atoms with Crippen LogP contribution in [0.25, 0.3) is 0 Å². The number of aromatic hydroxyl groups is 1. The molecule has 0 bridgehead atoms. The summed E-state index contributed by atoms with van der Waals surface area (Å²) in [5.74, 6) is 0.144. The van der Waals surface area contributed by atoms with Crippen LogP contribution in [-0.4, -0.2) is 16.5 Å². The molecule has 0 saturated carbocycles. The van der Waals surface area contributed by atoms with E-state index >= 15 is 0 Å². The van der Waals surface area contributed by atoms with Crippen LogP contribution in [0.15, 0.2) is 23.4 Å². The molecule has 3 nitrogen and oxygen atoms in total. The maximum Gasteiger partial charge on any atom is 0.137 e. The van der Waals surface area contributed by atoms with Crippen molar-refractivity contribution < 1.29 is 10.3 Å². The largest absolute Gasteiger partial charge is 0.506 e. The molecule has 0 aliphatic heterocycles. The molecule has 4 heteroatoms. The highest BCUT2D eigenvalue weighted by Crippen LogP contribution is 2.21. The fourth-order valence-electron chi connectivity index (χ4n) is 0.698. The molecule has 1 aromatic carbocycles. The SMILES string of the molecule is ON=Cc1cccc(I)c1O. The summed E-state index contributed by atoms with van der Waals surface area (Å²) in [6.45, 7) is 0. The maximum absolute atomic E-state index is 9.32. The Morgan fingerprint density at radius 1 is 1.45 bits per heavy atom. The molecule has 1 aromatic rings. The summed E-state index contributed by atoms with van der Waals surface area (Å²) in [5, 5.41) is 20.3. The predicted molar refractivity (Wildman–Crippen MR) is 50.2 cm³/mol. The Balaban J connectivity index is 3.16. The topological polar surface area (TPSA) is 52.8 Å². The van der Waals surface area contributed by atoms with Crippen molar-refractivity contribution in [2.24, 2.45) is 5.16 Å². The highest BCUT2D eigenvalue weighted by molar-refractivity contribution is 14.1. The molecule has 0 spiro atoms. The Labute approximate surface area is 77.5 Å². The van der Waals surface area contributed by atoms with Crippen molar-refractivity contribution in [3.8, 4) is 5.75 Å². The minimum Gasteiger partial charge on any atom is -0.506 e. The molecule has 2 N–H and O–H groups in total. The van der Waals surface area contributed by atoms with Gasteiger partial charge >= 0.3 is 0 Å². The van der Waals surface area contributed by atoms with Gasteiger partial charge < -0.3 is 10.3 Å². The van der Waals surface area contributed by atoms with Crippen molar-refractivity contribution in [3.05, 3.63) is 27.3 Å². The van der Waals surface area contributed by atoms with E-state index in [0.717, 1.165) is 3.57 Å². The number of phenolic OH excluding ortho intramolecular Hbond substituents is 1. The van der Waals surface area contributed by atoms with Gasteiger partial charge in [0.25, 0.3) is 0 Å². The Hall–Kier alpha value is -0.780. The van der Waals surface area contributed by atoms with Gasteiger partial charge in [-0.05, 0) is 34.7 Å². The van der Waals surface area contributed by atoms with Crippen LogP contribution in [0.3, 0.4) is 0 Å². The number of benzene rings is 1. The molecule has 1 rings (SSSR count). The third kappa shape index (κ3) is 1.83. The minimum atomic E-state index is 0.144. The van der Waals surface area contributed by atoms with E-state index in [1.165, 1.54) is 6.21 Å². The van der Waals surface area contributed by atoms with Crippen LogP contribution in [0.4, 0.5) is 0 Å². The molecule has 0 aliphatic rings. The van der Waals surface area contributed by atoms with Crippen LogP contribution in [0.2, 0.25) is 0 Å². The van der Waals surface area contributed by atoms with E-state index in [9.17, 15) is 5.11 Å². The minimum absolute atomic E-state index is 0.144. The molecule has 0 amide bonds. The van der Waals surface area contributed by atoms with Crippen molar-refractivity contribution in [2.75, 3.05) is 0 Å². The van der Waals surface area contributed by atoms with E-state index in [0.29, 0.717) is 5.56 Å². The van der Waals surface area contributed by atoms with E-state index in [1.807, 2.05) is 22.6 Å². The molecular formula is C7H6INO2. The lowest BCUT2D eigenvalue weighted by molar-refractivity contribution is 0.321.